The van der Waals surface area contributed by atoms with Crippen molar-refractivity contribution in [2.75, 3.05) is 13.1 Å². The van der Waals surface area contributed by atoms with Crippen LogP contribution in [0.2, 0.25) is 0 Å². The molecule has 0 spiro atoms. The summed E-state index contributed by atoms with van der Waals surface area (Å²) in [6, 6.07) is 4.48. The van der Waals surface area contributed by atoms with Crippen LogP contribution in [0.3, 0.4) is 0 Å². The molecule has 0 unspecified atom stereocenters. The fourth-order valence-corrected chi connectivity index (χ4v) is 3.27. The van der Waals surface area contributed by atoms with Crippen LogP contribution in [-0.2, 0) is 17.0 Å². The highest BCUT2D eigenvalue weighted by Gasteiger charge is 2.49. The van der Waals surface area contributed by atoms with Crippen molar-refractivity contribution in [1.82, 2.24) is 4.90 Å². The summed E-state index contributed by atoms with van der Waals surface area (Å²) in [5, 5.41) is 8.82. The number of hydrogen-bond donors (Lipinski definition) is 1. The number of nitrogens with zero attached hydrogens (tertiary/aromatic N) is 1. The van der Waals surface area contributed by atoms with Crippen molar-refractivity contribution in [3.8, 4) is 0 Å². The first-order valence-corrected chi connectivity index (χ1v) is 7.41. The zero-order valence-electron chi connectivity index (χ0n) is 11.8. The number of hydrogen-bond acceptors (Lipinski definition) is 2. The summed E-state index contributed by atoms with van der Waals surface area (Å²) in [5.74, 6) is -2.02. The van der Waals surface area contributed by atoms with Gasteiger partial charge in [-0.05, 0) is 50.4 Å². The van der Waals surface area contributed by atoms with Gasteiger partial charge in [-0.2, -0.15) is 0 Å². The standard InChI is InChI=1S/C16H19F2NO2/c17-14-7-13(16(18)8-12(9-16)15(20)21)4-3-11(14)10-19-5-1-2-6-19/h3-4,7,12H,1-2,5-6,8-10H2,(H,20,21). The van der Waals surface area contributed by atoms with E-state index in [9.17, 15) is 13.6 Å². The number of alkyl halides is 1. The molecule has 1 aromatic rings. The predicted octanol–water partition coefficient (Wildman–Crippen LogP) is 3.08. The zero-order chi connectivity index (χ0) is 15.0. The Labute approximate surface area is 122 Å². The van der Waals surface area contributed by atoms with Gasteiger partial charge in [0.05, 0.1) is 5.92 Å². The van der Waals surface area contributed by atoms with E-state index in [4.69, 9.17) is 5.11 Å². The maximum Gasteiger partial charge on any atom is 0.306 e. The second kappa shape index (κ2) is 5.37. The fourth-order valence-electron chi connectivity index (χ4n) is 3.27. The molecule has 1 saturated heterocycles. The van der Waals surface area contributed by atoms with Crippen molar-refractivity contribution in [3.63, 3.8) is 0 Å². The van der Waals surface area contributed by atoms with Crippen LogP contribution in [0.1, 0.15) is 36.8 Å². The average Bonchev–Trinajstić information content (AvgIpc) is 2.90. The van der Waals surface area contributed by atoms with Gasteiger partial charge in [0, 0.05) is 12.1 Å². The van der Waals surface area contributed by atoms with Crippen LogP contribution < -0.4 is 0 Å². The molecule has 3 nitrogen and oxygen atoms in total. The molecule has 0 aromatic heterocycles. The number of carboxylic acid groups (broad SMARTS) is 1. The van der Waals surface area contributed by atoms with Crippen LogP contribution >= 0.6 is 0 Å². The number of halogens is 2. The largest absolute Gasteiger partial charge is 0.481 e. The zero-order valence-corrected chi connectivity index (χ0v) is 11.8. The van der Waals surface area contributed by atoms with Crippen molar-refractivity contribution in [2.45, 2.75) is 37.9 Å². The molecule has 0 amide bonds. The maximum atomic E-state index is 14.5. The lowest BCUT2D eigenvalue weighted by molar-refractivity contribution is -0.152. The van der Waals surface area contributed by atoms with Crippen LogP contribution in [-0.4, -0.2) is 29.1 Å². The smallest absolute Gasteiger partial charge is 0.306 e. The molecule has 5 heteroatoms. The molecule has 21 heavy (non-hydrogen) atoms. The molecule has 1 aromatic carbocycles. The molecule has 0 radical (unpaired) electrons. The average molecular weight is 295 g/mol. The molecule has 1 saturated carbocycles. The highest BCUT2D eigenvalue weighted by atomic mass is 19.1. The Morgan fingerprint density at radius 3 is 2.57 bits per heavy atom. The summed E-state index contributed by atoms with van der Waals surface area (Å²) in [4.78, 5) is 13.0. The van der Waals surface area contributed by atoms with Crippen LogP contribution in [0, 0.1) is 11.7 Å². The van der Waals surface area contributed by atoms with E-state index in [1.807, 2.05) is 0 Å². The Balaban J connectivity index is 1.71. The topological polar surface area (TPSA) is 40.5 Å². The van der Waals surface area contributed by atoms with E-state index in [0.717, 1.165) is 25.9 Å². The Morgan fingerprint density at radius 2 is 2.00 bits per heavy atom. The van der Waals surface area contributed by atoms with Crippen molar-refractivity contribution >= 4 is 5.97 Å². The second-order valence-electron chi connectivity index (χ2n) is 6.20. The highest BCUT2D eigenvalue weighted by molar-refractivity contribution is 5.72. The maximum absolute atomic E-state index is 14.5. The van der Waals surface area contributed by atoms with Gasteiger partial charge in [-0.1, -0.05) is 12.1 Å². The molecule has 1 heterocycles. The monoisotopic (exact) mass is 295 g/mol. The first-order valence-electron chi connectivity index (χ1n) is 7.41. The van der Waals surface area contributed by atoms with E-state index >= 15 is 0 Å². The van der Waals surface area contributed by atoms with E-state index in [-0.39, 0.29) is 18.4 Å². The molecule has 1 aliphatic carbocycles. The Hall–Kier alpha value is -1.49. The van der Waals surface area contributed by atoms with Gasteiger partial charge in [-0.15, -0.1) is 0 Å². The van der Waals surface area contributed by atoms with Gasteiger partial charge in [-0.3, -0.25) is 9.69 Å². The molecular weight excluding hydrogens is 276 g/mol. The SMILES string of the molecule is O=C(O)C1CC(F)(c2ccc(CN3CCCC3)c(F)c2)C1. The van der Waals surface area contributed by atoms with Gasteiger partial charge in [0.2, 0.25) is 0 Å². The van der Waals surface area contributed by atoms with Crippen LogP contribution in [0.25, 0.3) is 0 Å². The van der Waals surface area contributed by atoms with E-state index < -0.39 is 23.4 Å². The lowest BCUT2D eigenvalue weighted by Crippen LogP contribution is -2.41. The Kier molecular flexibility index (Phi) is 3.69. The molecule has 114 valence electrons. The normalized spacial score (nSPS) is 29.3. The van der Waals surface area contributed by atoms with E-state index in [2.05, 4.69) is 4.90 Å². The minimum atomic E-state index is -1.68. The summed E-state index contributed by atoms with van der Waals surface area (Å²) in [6.45, 7) is 2.52. The lowest BCUT2D eigenvalue weighted by Gasteiger charge is -2.39. The molecule has 1 N–H and O–H groups in total. The molecule has 2 aliphatic rings. The van der Waals surface area contributed by atoms with E-state index in [0.29, 0.717) is 12.1 Å². The number of likely N-dealkylation sites (tertiary alicyclic amines) is 1. The van der Waals surface area contributed by atoms with Gasteiger partial charge in [0.25, 0.3) is 0 Å². The third-order valence-corrected chi connectivity index (χ3v) is 4.65. The number of rotatable bonds is 4. The molecule has 2 fully saturated rings. The third-order valence-electron chi connectivity index (χ3n) is 4.65. The second-order valence-corrected chi connectivity index (χ2v) is 6.20. The summed E-state index contributed by atoms with van der Waals surface area (Å²) in [7, 11) is 0. The van der Waals surface area contributed by atoms with Gasteiger partial charge in [0.1, 0.15) is 11.5 Å². The fraction of sp³-hybridized carbons (Fsp3) is 0.562. The summed E-state index contributed by atoms with van der Waals surface area (Å²) in [6.07, 6.45) is 2.16. The number of benzene rings is 1. The first-order chi connectivity index (χ1) is 9.98. The summed E-state index contributed by atoms with van der Waals surface area (Å²) in [5.41, 5.74) is -0.836. The van der Waals surface area contributed by atoms with Gasteiger partial charge >= 0.3 is 5.97 Å². The molecule has 0 bridgehead atoms. The minimum absolute atomic E-state index is 0.0623. The quantitative estimate of drug-likeness (QED) is 0.928. The molecular formula is C16H19F2NO2. The van der Waals surface area contributed by atoms with Crippen LogP contribution in [0.15, 0.2) is 18.2 Å². The van der Waals surface area contributed by atoms with Crippen LogP contribution in [0.5, 0.6) is 0 Å². The first kappa shape index (κ1) is 14.4. The number of carboxylic acids is 1. The molecule has 1 aliphatic heterocycles. The van der Waals surface area contributed by atoms with Crippen LogP contribution in [0.4, 0.5) is 8.78 Å². The van der Waals surface area contributed by atoms with E-state index in [1.54, 1.807) is 12.1 Å². The van der Waals surface area contributed by atoms with Crippen molar-refractivity contribution in [1.29, 1.82) is 0 Å². The Morgan fingerprint density at radius 1 is 1.33 bits per heavy atom. The predicted molar refractivity (Wildman–Crippen MR) is 74.1 cm³/mol. The van der Waals surface area contributed by atoms with Gasteiger partial charge in [0.15, 0.2) is 0 Å². The minimum Gasteiger partial charge on any atom is -0.481 e. The van der Waals surface area contributed by atoms with Crippen molar-refractivity contribution < 1.29 is 18.7 Å². The number of aliphatic carboxylic acids is 1. The van der Waals surface area contributed by atoms with Gasteiger partial charge < -0.3 is 5.11 Å². The summed E-state index contributed by atoms with van der Waals surface area (Å²) >= 11 is 0. The van der Waals surface area contributed by atoms with Crippen molar-refractivity contribution in [2.24, 2.45) is 5.92 Å². The third kappa shape index (κ3) is 2.79. The van der Waals surface area contributed by atoms with Gasteiger partial charge in [-0.25, -0.2) is 8.78 Å². The number of carbonyl (C=O) groups is 1. The van der Waals surface area contributed by atoms with E-state index in [1.165, 1.54) is 6.07 Å². The molecule has 0 atom stereocenters. The lowest BCUT2D eigenvalue weighted by atomic mass is 9.68. The van der Waals surface area contributed by atoms with Crippen molar-refractivity contribution in [3.05, 3.63) is 35.1 Å². The Bertz CT molecular complexity index is 549. The highest BCUT2D eigenvalue weighted by Crippen LogP contribution is 2.49. The summed E-state index contributed by atoms with van der Waals surface area (Å²) < 4.78 is 28.7. The molecule has 3 rings (SSSR count).